The van der Waals surface area contributed by atoms with E-state index in [0.29, 0.717) is 22.8 Å². The van der Waals surface area contributed by atoms with E-state index in [1.165, 1.54) is 12.1 Å². The molecule has 3 aromatic rings. The van der Waals surface area contributed by atoms with E-state index in [1.807, 2.05) is 38.1 Å². The highest BCUT2D eigenvalue weighted by Crippen LogP contribution is 2.44. The number of fused-ring (bicyclic) bond motifs is 1. The van der Waals surface area contributed by atoms with Crippen molar-refractivity contribution < 1.29 is 14.7 Å². The molecule has 1 aliphatic rings. The summed E-state index contributed by atoms with van der Waals surface area (Å²) in [6, 6.07) is 17.6. The van der Waals surface area contributed by atoms with E-state index >= 15 is 0 Å². The molecule has 4 rings (SSSR count). The van der Waals surface area contributed by atoms with Gasteiger partial charge in [-0.1, -0.05) is 65.2 Å². The van der Waals surface area contributed by atoms with Gasteiger partial charge in [0.25, 0.3) is 5.91 Å². The number of rotatable bonds is 5. The molecule has 0 aromatic heterocycles. The zero-order chi connectivity index (χ0) is 22.3. The maximum absolute atomic E-state index is 13.5. The summed E-state index contributed by atoms with van der Waals surface area (Å²) in [6.45, 7) is 4.29. The number of Topliss-reactive ketones (excluding diaryl/α,β-unsaturated/α-hetero) is 1. The maximum atomic E-state index is 13.5. The van der Waals surface area contributed by atoms with Gasteiger partial charge in [-0.2, -0.15) is 0 Å². The number of aliphatic hydroxyl groups is 1. The fraction of sp³-hybridized carbons (Fsp3) is 0.200. The van der Waals surface area contributed by atoms with E-state index in [9.17, 15) is 14.7 Å². The third kappa shape index (κ3) is 3.87. The second-order valence-corrected chi connectivity index (χ2v) is 8.77. The van der Waals surface area contributed by atoms with Crippen LogP contribution in [0.2, 0.25) is 10.0 Å². The first-order chi connectivity index (χ1) is 14.7. The average Bonchev–Trinajstić information content (AvgIpc) is 2.92. The molecule has 1 N–H and O–H groups in total. The Hall–Kier alpha value is -2.66. The Morgan fingerprint density at radius 3 is 2.52 bits per heavy atom. The molecular formula is C25H21Cl2NO3. The van der Waals surface area contributed by atoms with E-state index in [4.69, 9.17) is 23.2 Å². The van der Waals surface area contributed by atoms with Gasteiger partial charge in [-0.15, -0.1) is 0 Å². The van der Waals surface area contributed by atoms with Crippen LogP contribution < -0.4 is 4.90 Å². The van der Waals surface area contributed by atoms with Gasteiger partial charge in [0.05, 0.1) is 23.7 Å². The second kappa shape index (κ2) is 8.12. The number of para-hydroxylation sites is 1. The maximum Gasteiger partial charge on any atom is 0.264 e. The number of carbonyl (C=O) groups is 2. The van der Waals surface area contributed by atoms with Crippen molar-refractivity contribution in [2.45, 2.75) is 32.4 Å². The van der Waals surface area contributed by atoms with Crippen LogP contribution in [-0.4, -0.2) is 16.8 Å². The number of benzene rings is 3. The Morgan fingerprint density at radius 1 is 1.03 bits per heavy atom. The molecule has 1 atom stereocenters. The van der Waals surface area contributed by atoms with Gasteiger partial charge in [0.2, 0.25) is 0 Å². The molecule has 3 aromatic carbocycles. The van der Waals surface area contributed by atoms with Gasteiger partial charge in [-0.25, -0.2) is 0 Å². The standard InChI is InChI=1S/C25H21Cl2NO3/c1-15-7-8-16(2)17(11-15)14-28-22-6-4-3-5-20(22)25(31,24(28)30)13-23(29)19-10-9-18(26)12-21(19)27/h3-12,31H,13-14H2,1-2H3/t25-/m1/s1. The molecule has 1 heterocycles. The molecule has 0 bridgehead atoms. The Morgan fingerprint density at radius 2 is 1.77 bits per heavy atom. The van der Waals surface area contributed by atoms with E-state index in [1.54, 1.807) is 29.2 Å². The molecule has 0 radical (unpaired) electrons. The molecule has 6 heteroatoms. The zero-order valence-corrected chi connectivity index (χ0v) is 18.7. The largest absolute Gasteiger partial charge is 0.375 e. The van der Waals surface area contributed by atoms with Crippen molar-refractivity contribution >= 4 is 40.6 Å². The van der Waals surface area contributed by atoms with Gasteiger partial charge in [0.15, 0.2) is 11.4 Å². The van der Waals surface area contributed by atoms with Crippen molar-refractivity contribution in [3.63, 3.8) is 0 Å². The lowest BCUT2D eigenvalue weighted by Gasteiger charge is -2.23. The number of amides is 1. The summed E-state index contributed by atoms with van der Waals surface area (Å²) >= 11 is 12.1. The van der Waals surface area contributed by atoms with Crippen molar-refractivity contribution in [2.75, 3.05) is 4.90 Å². The van der Waals surface area contributed by atoms with Crippen molar-refractivity contribution in [3.05, 3.63) is 98.5 Å². The van der Waals surface area contributed by atoms with Gasteiger partial charge in [0.1, 0.15) is 0 Å². The Balaban J connectivity index is 1.71. The van der Waals surface area contributed by atoms with E-state index in [2.05, 4.69) is 0 Å². The average molecular weight is 454 g/mol. The van der Waals surface area contributed by atoms with Crippen molar-refractivity contribution in [1.82, 2.24) is 0 Å². The molecule has 31 heavy (non-hydrogen) atoms. The van der Waals surface area contributed by atoms with Crippen LogP contribution in [0.4, 0.5) is 5.69 Å². The van der Waals surface area contributed by atoms with Crippen LogP contribution in [0.5, 0.6) is 0 Å². The third-order valence-electron chi connectivity index (χ3n) is 5.72. The summed E-state index contributed by atoms with van der Waals surface area (Å²) < 4.78 is 0. The van der Waals surface area contributed by atoms with Crippen LogP contribution in [0.15, 0.2) is 60.7 Å². The highest BCUT2D eigenvalue weighted by atomic mass is 35.5. The minimum Gasteiger partial charge on any atom is -0.375 e. The van der Waals surface area contributed by atoms with Crippen molar-refractivity contribution in [3.8, 4) is 0 Å². The van der Waals surface area contributed by atoms with Crippen LogP contribution >= 0.6 is 23.2 Å². The van der Waals surface area contributed by atoms with E-state index < -0.39 is 23.7 Å². The van der Waals surface area contributed by atoms with Gasteiger partial charge in [-0.05, 0) is 49.2 Å². The van der Waals surface area contributed by atoms with E-state index in [-0.39, 0.29) is 10.6 Å². The first kappa shape index (κ1) is 21.6. The summed E-state index contributed by atoms with van der Waals surface area (Å²) in [7, 11) is 0. The van der Waals surface area contributed by atoms with Crippen LogP contribution in [0.1, 0.15) is 39.0 Å². The smallest absolute Gasteiger partial charge is 0.264 e. The van der Waals surface area contributed by atoms with Crippen LogP contribution in [0.3, 0.4) is 0 Å². The minimum atomic E-state index is -1.96. The number of halogens is 2. The summed E-state index contributed by atoms with van der Waals surface area (Å²) in [5, 5.41) is 12.1. The molecular weight excluding hydrogens is 433 g/mol. The van der Waals surface area contributed by atoms with Crippen LogP contribution in [0.25, 0.3) is 0 Å². The summed E-state index contributed by atoms with van der Waals surface area (Å²) in [4.78, 5) is 28.0. The Bertz CT molecular complexity index is 1210. The topological polar surface area (TPSA) is 57.6 Å². The molecule has 0 saturated heterocycles. The number of carbonyl (C=O) groups excluding carboxylic acids is 2. The first-order valence-electron chi connectivity index (χ1n) is 9.89. The van der Waals surface area contributed by atoms with Gasteiger partial charge < -0.3 is 10.0 Å². The molecule has 1 amide bonds. The molecule has 0 saturated carbocycles. The van der Waals surface area contributed by atoms with Crippen LogP contribution in [0, 0.1) is 13.8 Å². The van der Waals surface area contributed by atoms with Crippen molar-refractivity contribution in [2.24, 2.45) is 0 Å². The molecule has 1 aliphatic heterocycles. The first-order valence-corrected chi connectivity index (χ1v) is 10.6. The lowest BCUT2D eigenvalue weighted by Crippen LogP contribution is -2.41. The van der Waals surface area contributed by atoms with Crippen LogP contribution in [-0.2, 0) is 16.9 Å². The highest BCUT2D eigenvalue weighted by molar-refractivity contribution is 6.37. The minimum absolute atomic E-state index is 0.187. The SMILES string of the molecule is Cc1ccc(C)c(CN2C(=O)[C@@](O)(CC(=O)c3ccc(Cl)cc3Cl)c3ccccc32)c1. The number of anilines is 1. The Labute approximate surface area is 191 Å². The normalized spacial score (nSPS) is 17.7. The molecule has 158 valence electrons. The number of nitrogens with zero attached hydrogens (tertiary/aromatic N) is 1. The fourth-order valence-corrected chi connectivity index (χ4v) is 4.53. The van der Waals surface area contributed by atoms with Gasteiger partial charge >= 0.3 is 0 Å². The highest BCUT2D eigenvalue weighted by Gasteiger charge is 2.50. The monoisotopic (exact) mass is 453 g/mol. The van der Waals surface area contributed by atoms with E-state index in [0.717, 1.165) is 16.7 Å². The molecule has 0 spiro atoms. The Kier molecular flexibility index (Phi) is 5.65. The summed E-state index contributed by atoms with van der Waals surface area (Å²) in [5.41, 5.74) is 2.40. The third-order valence-corrected chi connectivity index (χ3v) is 6.27. The predicted octanol–water partition coefficient (Wildman–Crippen LogP) is 5.62. The number of hydrogen-bond acceptors (Lipinski definition) is 3. The second-order valence-electron chi connectivity index (χ2n) is 7.92. The lowest BCUT2D eigenvalue weighted by molar-refractivity contribution is -0.136. The summed E-state index contributed by atoms with van der Waals surface area (Å²) in [5.74, 6) is -0.950. The molecule has 0 aliphatic carbocycles. The molecule has 0 fully saturated rings. The predicted molar refractivity (Wildman–Crippen MR) is 123 cm³/mol. The molecule has 0 unspecified atom stereocenters. The number of hydrogen-bond donors (Lipinski definition) is 1. The quantitative estimate of drug-likeness (QED) is 0.510. The van der Waals surface area contributed by atoms with Crippen molar-refractivity contribution in [1.29, 1.82) is 0 Å². The zero-order valence-electron chi connectivity index (χ0n) is 17.2. The number of aryl methyl sites for hydroxylation is 2. The van der Waals surface area contributed by atoms with Gasteiger partial charge in [0, 0.05) is 16.1 Å². The fourth-order valence-electron chi connectivity index (χ4n) is 4.02. The summed E-state index contributed by atoms with van der Waals surface area (Å²) in [6.07, 6.45) is -0.409. The van der Waals surface area contributed by atoms with Gasteiger partial charge in [-0.3, -0.25) is 9.59 Å². The molecule has 4 nitrogen and oxygen atoms in total. The number of ketones is 1. The lowest BCUT2D eigenvalue weighted by atomic mass is 9.88.